The van der Waals surface area contributed by atoms with Crippen LogP contribution < -0.4 is 10.1 Å². The van der Waals surface area contributed by atoms with E-state index >= 15 is 0 Å². The molecular formula is C18H15ClFNO4. The van der Waals surface area contributed by atoms with Crippen molar-refractivity contribution in [2.24, 2.45) is 0 Å². The Balaban J connectivity index is 1.81. The highest BCUT2D eigenvalue weighted by Crippen LogP contribution is 2.19. The summed E-state index contributed by atoms with van der Waals surface area (Å²) in [7, 11) is 1.56. The van der Waals surface area contributed by atoms with E-state index in [1.807, 2.05) is 0 Å². The van der Waals surface area contributed by atoms with Crippen LogP contribution in [0.15, 0.2) is 48.5 Å². The van der Waals surface area contributed by atoms with Crippen molar-refractivity contribution in [1.82, 2.24) is 0 Å². The molecule has 5 nitrogen and oxygen atoms in total. The van der Waals surface area contributed by atoms with Gasteiger partial charge in [-0.25, -0.2) is 9.18 Å². The molecule has 0 atom stereocenters. The first kappa shape index (κ1) is 18.5. The molecule has 0 aliphatic rings. The molecule has 0 saturated heterocycles. The fourth-order valence-corrected chi connectivity index (χ4v) is 2.02. The standard InChI is InChI=1S/C18H15ClFNO4/c1-24-14-6-2-12(3-7-14)4-9-18(23)25-11-17(22)21-13-5-8-16(20)15(19)10-13/h2-10H,11H2,1H3,(H,21,22). The van der Waals surface area contributed by atoms with Crippen molar-refractivity contribution in [3.8, 4) is 5.75 Å². The topological polar surface area (TPSA) is 64.6 Å². The number of carbonyl (C=O) groups is 2. The Hall–Kier alpha value is -2.86. The van der Waals surface area contributed by atoms with Gasteiger partial charge in [-0.05, 0) is 42.0 Å². The summed E-state index contributed by atoms with van der Waals surface area (Å²) in [6, 6.07) is 10.8. The Morgan fingerprint density at radius 1 is 1.20 bits per heavy atom. The molecule has 1 amide bonds. The van der Waals surface area contributed by atoms with E-state index in [0.29, 0.717) is 11.4 Å². The van der Waals surface area contributed by atoms with Gasteiger partial charge in [0.15, 0.2) is 6.61 Å². The second-order valence-corrected chi connectivity index (χ2v) is 5.30. The van der Waals surface area contributed by atoms with Crippen molar-refractivity contribution in [2.75, 3.05) is 19.0 Å². The largest absolute Gasteiger partial charge is 0.497 e. The fraction of sp³-hybridized carbons (Fsp3) is 0.111. The van der Waals surface area contributed by atoms with Gasteiger partial charge in [-0.2, -0.15) is 0 Å². The molecular weight excluding hydrogens is 349 g/mol. The zero-order chi connectivity index (χ0) is 18.2. The number of nitrogens with one attached hydrogen (secondary N) is 1. The molecule has 0 heterocycles. The lowest BCUT2D eigenvalue weighted by Gasteiger charge is -2.06. The highest BCUT2D eigenvalue weighted by Gasteiger charge is 2.07. The van der Waals surface area contributed by atoms with E-state index in [2.05, 4.69) is 5.32 Å². The van der Waals surface area contributed by atoms with Gasteiger partial charge >= 0.3 is 5.97 Å². The van der Waals surface area contributed by atoms with E-state index in [4.69, 9.17) is 21.1 Å². The van der Waals surface area contributed by atoms with E-state index in [1.54, 1.807) is 37.5 Å². The maximum absolute atomic E-state index is 13.0. The number of rotatable bonds is 6. The molecule has 0 fully saturated rings. The van der Waals surface area contributed by atoms with Crippen LogP contribution >= 0.6 is 11.6 Å². The summed E-state index contributed by atoms with van der Waals surface area (Å²) in [5, 5.41) is 2.33. The third kappa shape index (κ3) is 5.93. The zero-order valence-electron chi connectivity index (χ0n) is 13.3. The number of benzene rings is 2. The first-order valence-corrected chi connectivity index (χ1v) is 7.59. The summed E-state index contributed by atoms with van der Waals surface area (Å²) >= 11 is 5.61. The molecule has 1 N–H and O–H groups in total. The van der Waals surface area contributed by atoms with Crippen LogP contribution in [-0.4, -0.2) is 25.6 Å². The Morgan fingerprint density at radius 3 is 2.56 bits per heavy atom. The second kappa shape index (κ2) is 8.84. The number of halogens is 2. The summed E-state index contributed by atoms with van der Waals surface area (Å²) in [5.41, 5.74) is 1.09. The molecule has 7 heteroatoms. The molecule has 0 saturated carbocycles. The number of anilines is 1. The van der Waals surface area contributed by atoms with Gasteiger partial charge in [0.05, 0.1) is 12.1 Å². The Labute approximate surface area is 149 Å². The lowest BCUT2D eigenvalue weighted by Crippen LogP contribution is -2.20. The molecule has 0 aliphatic heterocycles. The van der Waals surface area contributed by atoms with Gasteiger partial charge in [-0.15, -0.1) is 0 Å². The van der Waals surface area contributed by atoms with E-state index in [0.717, 1.165) is 11.6 Å². The van der Waals surface area contributed by atoms with Crippen molar-refractivity contribution < 1.29 is 23.5 Å². The van der Waals surface area contributed by atoms with E-state index < -0.39 is 24.3 Å². The number of hydrogen-bond donors (Lipinski definition) is 1. The van der Waals surface area contributed by atoms with Gasteiger partial charge in [-0.1, -0.05) is 23.7 Å². The smallest absolute Gasteiger partial charge is 0.331 e. The van der Waals surface area contributed by atoms with E-state index in [1.165, 1.54) is 18.2 Å². The Kier molecular flexibility index (Phi) is 6.54. The van der Waals surface area contributed by atoms with Gasteiger partial charge in [0.25, 0.3) is 5.91 Å². The summed E-state index contributed by atoms with van der Waals surface area (Å²) in [6.07, 6.45) is 2.77. The highest BCUT2D eigenvalue weighted by molar-refractivity contribution is 6.31. The van der Waals surface area contributed by atoms with Crippen molar-refractivity contribution in [3.05, 3.63) is 64.9 Å². The molecule has 0 aromatic heterocycles. The molecule has 0 unspecified atom stereocenters. The molecule has 2 rings (SSSR count). The van der Waals surface area contributed by atoms with Crippen LogP contribution in [0.5, 0.6) is 5.75 Å². The summed E-state index contributed by atoms with van der Waals surface area (Å²) < 4.78 is 22.9. The lowest BCUT2D eigenvalue weighted by molar-refractivity contribution is -0.142. The molecule has 2 aromatic carbocycles. The Bertz CT molecular complexity index is 790. The van der Waals surface area contributed by atoms with Gasteiger partial charge in [0.2, 0.25) is 0 Å². The lowest BCUT2D eigenvalue weighted by atomic mass is 10.2. The second-order valence-electron chi connectivity index (χ2n) is 4.89. The monoisotopic (exact) mass is 363 g/mol. The van der Waals surface area contributed by atoms with Gasteiger partial charge in [0, 0.05) is 11.8 Å². The van der Waals surface area contributed by atoms with Crippen LogP contribution in [0, 0.1) is 5.82 Å². The van der Waals surface area contributed by atoms with Crippen LogP contribution in [0.3, 0.4) is 0 Å². The number of hydrogen-bond acceptors (Lipinski definition) is 4. The molecule has 0 radical (unpaired) electrons. The minimum Gasteiger partial charge on any atom is -0.497 e. The molecule has 0 spiro atoms. The first-order chi connectivity index (χ1) is 12.0. The normalized spacial score (nSPS) is 10.5. The summed E-state index contributed by atoms with van der Waals surface area (Å²) in [5.74, 6) is -1.11. The molecule has 130 valence electrons. The predicted octanol–water partition coefficient (Wildman–Crippen LogP) is 3.68. The minimum absolute atomic E-state index is 0.114. The van der Waals surface area contributed by atoms with E-state index in [-0.39, 0.29) is 5.02 Å². The summed E-state index contributed by atoms with van der Waals surface area (Å²) in [6.45, 7) is -0.471. The number of methoxy groups -OCH3 is 1. The van der Waals surface area contributed by atoms with Crippen LogP contribution in [0.1, 0.15) is 5.56 Å². The molecule has 25 heavy (non-hydrogen) atoms. The van der Waals surface area contributed by atoms with Crippen LogP contribution in [0.2, 0.25) is 5.02 Å². The quantitative estimate of drug-likeness (QED) is 0.628. The average Bonchev–Trinajstić information content (AvgIpc) is 2.61. The van der Waals surface area contributed by atoms with E-state index in [9.17, 15) is 14.0 Å². The molecule has 0 bridgehead atoms. The number of amides is 1. The van der Waals surface area contributed by atoms with Crippen molar-refractivity contribution in [2.45, 2.75) is 0 Å². The molecule has 2 aromatic rings. The maximum Gasteiger partial charge on any atom is 0.331 e. The van der Waals surface area contributed by atoms with Crippen molar-refractivity contribution >= 4 is 35.2 Å². The van der Waals surface area contributed by atoms with Gasteiger partial charge in [0.1, 0.15) is 11.6 Å². The number of ether oxygens (including phenoxy) is 2. The Morgan fingerprint density at radius 2 is 1.92 bits per heavy atom. The van der Waals surface area contributed by atoms with Crippen molar-refractivity contribution in [3.63, 3.8) is 0 Å². The van der Waals surface area contributed by atoms with Crippen LogP contribution in [0.25, 0.3) is 6.08 Å². The highest BCUT2D eigenvalue weighted by atomic mass is 35.5. The van der Waals surface area contributed by atoms with Gasteiger partial charge in [-0.3, -0.25) is 4.79 Å². The first-order valence-electron chi connectivity index (χ1n) is 7.22. The third-order valence-electron chi connectivity index (χ3n) is 3.08. The average molecular weight is 364 g/mol. The predicted molar refractivity (Wildman–Crippen MR) is 93.0 cm³/mol. The van der Waals surface area contributed by atoms with Crippen LogP contribution in [0.4, 0.5) is 10.1 Å². The van der Waals surface area contributed by atoms with Gasteiger partial charge < -0.3 is 14.8 Å². The zero-order valence-corrected chi connectivity index (χ0v) is 14.0. The SMILES string of the molecule is COc1ccc(C=CC(=O)OCC(=O)Nc2ccc(F)c(Cl)c2)cc1. The summed E-state index contributed by atoms with van der Waals surface area (Å²) in [4.78, 5) is 23.3. The minimum atomic E-state index is -0.664. The van der Waals surface area contributed by atoms with Crippen molar-refractivity contribution in [1.29, 1.82) is 0 Å². The maximum atomic E-state index is 13.0. The van der Waals surface area contributed by atoms with Crippen LogP contribution in [-0.2, 0) is 14.3 Å². The number of esters is 1. The third-order valence-corrected chi connectivity index (χ3v) is 3.37. The molecule has 0 aliphatic carbocycles. The fourth-order valence-electron chi connectivity index (χ4n) is 1.84. The number of carbonyl (C=O) groups excluding carboxylic acids is 2.